The van der Waals surface area contributed by atoms with E-state index in [2.05, 4.69) is 20.6 Å². The van der Waals surface area contributed by atoms with E-state index in [1.165, 1.54) is 11.8 Å². The number of anilines is 2. The Hall–Kier alpha value is -1.83. The first-order valence-electron chi connectivity index (χ1n) is 6.54. The van der Waals surface area contributed by atoms with Crippen molar-refractivity contribution in [3.8, 4) is 0 Å². The first-order valence-corrected chi connectivity index (χ1v) is 7.91. The molecule has 1 aromatic carbocycles. The number of nitrogens with one attached hydrogen (secondary N) is 2. The zero-order valence-corrected chi connectivity index (χ0v) is 13.2. The van der Waals surface area contributed by atoms with E-state index in [-0.39, 0.29) is 24.8 Å². The summed E-state index contributed by atoms with van der Waals surface area (Å²) in [5.74, 6) is 0.523. The summed E-state index contributed by atoms with van der Waals surface area (Å²) in [5, 5.41) is 15.0. The Bertz CT molecular complexity index is 627. The molecular weight excluding hydrogens is 324 g/mol. The van der Waals surface area contributed by atoms with Crippen molar-refractivity contribution >= 4 is 40.8 Å². The van der Waals surface area contributed by atoms with Crippen LogP contribution in [0.5, 0.6) is 0 Å². The largest absolute Gasteiger partial charge is 0.395 e. The van der Waals surface area contributed by atoms with Crippen LogP contribution in [-0.4, -0.2) is 39.9 Å². The molecule has 1 aromatic heterocycles. The second kappa shape index (κ2) is 8.57. The average molecular weight is 339 g/mol. The minimum absolute atomic E-state index is 0.0881. The third-order valence-electron chi connectivity index (χ3n) is 2.49. The monoisotopic (exact) mass is 338 g/mol. The highest BCUT2D eigenvalue weighted by atomic mass is 35.5. The number of nitrogens with zero attached hydrogens (tertiary/aromatic N) is 2. The van der Waals surface area contributed by atoms with Crippen molar-refractivity contribution in [2.45, 2.75) is 5.16 Å². The number of aliphatic hydroxyl groups excluding tert-OH is 1. The molecule has 0 aliphatic heterocycles. The summed E-state index contributed by atoms with van der Waals surface area (Å²) in [6.07, 6.45) is 0. The standard InChI is InChI=1S/C14H15ClN4O2S/c15-11-8-12(17-10-4-2-1-3-5-10)19-14(18-11)22-9-13(21)16-6-7-20/h1-5,8,20H,6-7,9H2,(H,16,21)(H,17,18,19). The average Bonchev–Trinajstić information content (AvgIpc) is 2.51. The normalized spacial score (nSPS) is 10.3. The van der Waals surface area contributed by atoms with Crippen LogP contribution in [0.2, 0.25) is 5.15 Å². The van der Waals surface area contributed by atoms with E-state index in [1.54, 1.807) is 6.07 Å². The zero-order chi connectivity index (χ0) is 15.8. The summed E-state index contributed by atoms with van der Waals surface area (Å²) < 4.78 is 0. The lowest BCUT2D eigenvalue weighted by Crippen LogP contribution is -2.27. The fourth-order valence-corrected chi connectivity index (χ4v) is 2.49. The van der Waals surface area contributed by atoms with Crippen LogP contribution in [0.4, 0.5) is 11.5 Å². The molecule has 0 saturated carbocycles. The van der Waals surface area contributed by atoms with Gasteiger partial charge in [-0.15, -0.1) is 0 Å². The Morgan fingerprint density at radius 1 is 1.27 bits per heavy atom. The van der Waals surface area contributed by atoms with Gasteiger partial charge in [-0.2, -0.15) is 0 Å². The molecule has 1 heterocycles. The molecule has 0 unspecified atom stereocenters. The molecule has 0 fully saturated rings. The van der Waals surface area contributed by atoms with Gasteiger partial charge in [0.25, 0.3) is 0 Å². The third-order valence-corrected chi connectivity index (χ3v) is 3.53. The van der Waals surface area contributed by atoms with Crippen LogP contribution >= 0.6 is 23.4 Å². The zero-order valence-electron chi connectivity index (χ0n) is 11.6. The number of amides is 1. The van der Waals surface area contributed by atoms with Gasteiger partial charge in [0, 0.05) is 18.3 Å². The molecule has 2 rings (SSSR count). The van der Waals surface area contributed by atoms with Crippen LogP contribution < -0.4 is 10.6 Å². The quantitative estimate of drug-likeness (QED) is 0.407. The van der Waals surface area contributed by atoms with Crippen LogP contribution in [0.15, 0.2) is 41.6 Å². The Morgan fingerprint density at radius 3 is 2.77 bits per heavy atom. The fraction of sp³-hybridized carbons (Fsp3) is 0.214. The molecule has 116 valence electrons. The number of benzene rings is 1. The number of halogens is 1. The van der Waals surface area contributed by atoms with Crippen LogP contribution in [0.3, 0.4) is 0 Å². The highest BCUT2D eigenvalue weighted by molar-refractivity contribution is 7.99. The topological polar surface area (TPSA) is 87.1 Å². The van der Waals surface area contributed by atoms with E-state index < -0.39 is 0 Å². The fourth-order valence-electron chi connectivity index (χ4n) is 1.57. The van der Waals surface area contributed by atoms with Gasteiger partial charge in [0.2, 0.25) is 5.91 Å². The van der Waals surface area contributed by atoms with E-state index in [4.69, 9.17) is 16.7 Å². The van der Waals surface area contributed by atoms with Gasteiger partial charge in [-0.3, -0.25) is 4.79 Å². The van der Waals surface area contributed by atoms with Gasteiger partial charge >= 0.3 is 0 Å². The summed E-state index contributed by atoms with van der Waals surface area (Å²) in [6, 6.07) is 11.2. The Labute approximate surface area is 137 Å². The molecule has 1 amide bonds. The number of rotatable bonds is 7. The number of carbonyl (C=O) groups excluding carboxylic acids is 1. The number of aliphatic hydroxyl groups is 1. The highest BCUT2D eigenvalue weighted by Gasteiger charge is 2.07. The molecular formula is C14H15ClN4O2S. The maximum Gasteiger partial charge on any atom is 0.230 e. The summed E-state index contributed by atoms with van der Waals surface area (Å²) in [6.45, 7) is 0.145. The first kappa shape index (κ1) is 16.5. The predicted octanol–water partition coefficient (Wildman–Crippen LogP) is 2.07. The number of hydrogen-bond acceptors (Lipinski definition) is 6. The highest BCUT2D eigenvalue weighted by Crippen LogP contribution is 2.21. The lowest BCUT2D eigenvalue weighted by Gasteiger charge is -2.07. The van der Waals surface area contributed by atoms with Crippen molar-refractivity contribution < 1.29 is 9.90 Å². The second-order valence-electron chi connectivity index (χ2n) is 4.21. The number of para-hydroxylation sites is 1. The van der Waals surface area contributed by atoms with Gasteiger partial charge in [-0.05, 0) is 12.1 Å². The SMILES string of the molecule is O=C(CSc1nc(Cl)cc(Nc2ccccc2)n1)NCCO. The van der Waals surface area contributed by atoms with E-state index in [9.17, 15) is 4.79 Å². The number of thioether (sulfide) groups is 1. The Morgan fingerprint density at radius 2 is 2.05 bits per heavy atom. The molecule has 0 bridgehead atoms. The minimum atomic E-state index is -0.194. The van der Waals surface area contributed by atoms with Crippen molar-refractivity contribution in [1.82, 2.24) is 15.3 Å². The Balaban J connectivity index is 1.99. The number of carbonyl (C=O) groups is 1. The van der Waals surface area contributed by atoms with E-state index in [0.717, 1.165) is 5.69 Å². The van der Waals surface area contributed by atoms with E-state index >= 15 is 0 Å². The maximum atomic E-state index is 11.5. The van der Waals surface area contributed by atoms with Crippen LogP contribution in [0, 0.1) is 0 Å². The molecule has 0 aliphatic carbocycles. The van der Waals surface area contributed by atoms with Crippen LogP contribution in [-0.2, 0) is 4.79 Å². The lowest BCUT2D eigenvalue weighted by molar-refractivity contribution is -0.118. The maximum absolute atomic E-state index is 11.5. The van der Waals surface area contributed by atoms with E-state index in [0.29, 0.717) is 16.1 Å². The van der Waals surface area contributed by atoms with Gasteiger partial charge in [0.05, 0.1) is 12.4 Å². The van der Waals surface area contributed by atoms with Gasteiger partial charge < -0.3 is 15.7 Å². The van der Waals surface area contributed by atoms with Crippen LogP contribution in [0.1, 0.15) is 0 Å². The minimum Gasteiger partial charge on any atom is -0.395 e. The van der Waals surface area contributed by atoms with Crippen molar-refractivity contribution in [1.29, 1.82) is 0 Å². The molecule has 0 aliphatic rings. The number of aromatic nitrogens is 2. The molecule has 2 aromatic rings. The summed E-state index contributed by atoms with van der Waals surface area (Å²) in [7, 11) is 0. The molecule has 22 heavy (non-hydrogen) atoms. The third kappa shape index (κ3) is 5.51. The molecule has 3 N–H and O–H groups in total. The van der Waals surface area contributed by atoms with Crippen molar-refractivity contribution in [3.05, 3.63) is 41.6 Å². The van der Waals surface area contributed by atoms with Crippen molar-refractivity contribution in [2.24, 2.45) is 0 Å². The molecule has 0 saturated heterocycles. The predicted molar refractivity (Wildman–Crippen MR) is 87.6 cm³/mol. The van der Waals surface area contributed by atoms with E-state index in [1.807, 2.05) is 30.3 Å². The van der Waals surface area contributed by atoms with Crippen molar-refractivity contribution in [3.63, 3.8) is 0 Å². The lowest BCUT2D eigenvalue weighted by atomic mass is 10.3. The Kier molecular flexibility index (Phi) is 6.45. The smallest absolute Gasteiger partial charge is 0.230 e. The molecule has 0 radical (unpaired) electrons. The molecule has 6 nitrogen and oxygen atoms in total. The van der Waals surface area contributed by atoms with Crippen LogP contribution in [0.25, 0.3) is 0 Å². The summed E-state index contributed by atoms with van der Waals surface area (Å²) in [4.78, 5) is 19.9. The van der Waals surface area contributed by atoms with Gasteiger partial charge in [0.1, 0.15) is 11.0 Å². The van der Waals surface area contributed by atoms with Gasteiger partial charge in [-0.1, -0.05) is 41.6 Å². The van der Waals surface area contributed by atoms with Crippen molar-refractivity contribution in [2.75, 3.05) is 24.2 Å². The van der Waals surface area contributed by atoms with Gasteiger partial charge in [-0.25, -0.2) is 9.97 Å². The first-order chi connectivity index (χ1) is 10.7. The second-order valence-corrected chi connectivity index (χ2v) is 5.54. The summed E-state index contributed by atoms with van der Waals surface area (Å²) >= 11 is 7.15. The summed E-state index contributed by atoms with van der Waals surface area (Å²) in [5.41, 5.74) is 0.883. The molecule has 8 heteroatoms. The number of hydrogen-bond donors (Lipinski definition) is 3. The molecule has 0 atom stereocenters. The van der Waals surface area contributed by atoms with Gasteiger partial charge in [0.15, 0.2) is 5.16 Å². The molecule has 0 spiro atoms.